The van der Waals surface area contributed by atoms with Gasteiger partial charge in [-0.3, -0.25) is 9.59 Å². The molecule has 0 saturated carbocycles. The highest BCUT2D eigenvalue weighted by Gasteiger charge is 2.19. The van der Waals surface area contributed by atoms with E-state index in [4.69, 9.17) is 5.26 Å². The summed E-state index contributed by atoms with van der Waals surface area (Å²) in [6.07, 6.45) is 0. The van der Waals surface area contributed by atoms with E-state index in [0.717, 1.165) is 0 Å². The minimum absolute atomic E-state index is 0.0186. The first kappa shape index (κ1) is 19.6. The molecule has 1 aromatic rings. The Hall–Kier alpha value is -2.44. The molecule has 3 N–H and O–H groups in total. The zero-order valence-electron chi connectivity index (χ0n) is 13.7. The molecule has 0 spiro atoms. The maximum atomic E-state index is 12.1. The average molecular weight is 352 g/mol. The van der Waals surface area contributed by atoms with Crippen molar-refractivity contribution in [2.45, 2.75) is 31.2 Å². The van der Waals surface area contributed by atoms with Gasteiger partial charge in [-0.1, -0.05) is 12.1 Å². The maximum Gasteiger partial charge on any atom is 0.242 e. The van der Waals surface area contributed by atoms with Gasteiger partial charge in [0.1, 0.15) is 6.07 Å². The fourth-order valence-electron chi connectivity index (χ4n) is 1.74. The van der Waals surface area contributed by atoms with Crippen molar-refractivity contribution in [2.24, 2.45) is 0 Å². The first-order valence-corrected chi connectivity index (χ1v) is 8.60. The Morgan fingerprint density at radius 1 is 1.12 bits per heavy atom. The van der Waals surface area contributed by atoms with Crippen molar-refractivity contribution >= 4 is 21.8 Å². The number of carbonyl (C=O) groups excluding carboxylic acids is 2. The molecule has 0 fully saturated rings. The third-order valence-electron chi connectivity index (χ3n) is 2.68. The number of carbonyl (C=O) groups is 2. The van der Waals surface area contributed by atoms with E-state index in [1.165, 1.54) is 24.3 Å². The zero-order valence-corrected chi connectivity index (χ0v) is 14.5. The van der Waals surface area contributed by atoms with Gasteiger partial charge in [-0.15, -0.1) is 0 Å². The zero-order chi connectivity index (χ0) is 18.4. The second kappa shape index (κ2) is 7.90. The van der Waals surface area contributed by atoms with E-state index < -0.39 is 28.0 Å². The summed E-state index contributed by atoms with van der Waals surface area (Å²) in [6, 6.07) is 7.44. The van der Waals surface area contributed by atoms with Crippen LogP contribution in [0.25, 0.3) is 0 Å². The van der Waals surface area contributed by atoms with Gasteiger partial charge in [-0.25, -0.2) is 13.1 Å². The number of nitrogens with one attached hydrogen (secondary N) is 3. The fourth-order valence-corrected chi connectivity index (χ4v) is 2.87. The summed E-state index contributed by atoms with van der Waals surface area (Å²) in [5, 5.41) is 13.9. The van der Waals surface area contributed by atoms with Gasteiger partial charge in [-0.2, -0.15) is 5.26 Å². The lowest BCUT2D eigenvalue weighted by Crippen LogP contribution is -2.47. The van der Waals surface area contributed by atoms with Gasteiger partial charge in [0.25, 0.3) is 0 Å². The maximum absolute atomic E-state index is 12.1. The summed E-state index contributed by atoms with van der Waals surface area (Å²) in [6.45, 7) is 4.60. The summed E-state index contributed by atoms with van der Waals surface area (Å²) >= 11 is 0. The van der Waals surface area contributed by atoms with Gasteiger partial charge < -0.3 is 10.6 Å². The lowest BCUT2D eigenvalue weighted by Gasteiger charge is -2.20. The van der Waals surface area contributed by atoms with Crippen LogP contribution in [0.5, 0.6) is 0 Å². The minimum atomic E-state index is -4.00. The second-order valence-electron chi connectivity index (χ2n) is 6.01. The van der Waals surface area contributed by atoms with Gasteiger partial charge >= 0.3 is 0 Å². The van der Waals surface area contributed by atoms with Crippen LogP contribution in [0.15, 0.2) is 29.2 Å². The van der Waals surface area contributed by atoms with Crippen LogP contribution in [-0.2, 0) is 19.6 Å². The van der Waals surface area contributed by atoms with E-state index in [1.54, 1.807) is 26.8 Å². The first-order valence-electron chi connectivity index (χ1n) is 7.12. The topological polar surface area (TPSA) is 128 Å². The van der Waals surface area contributed by atoms with Crippen LogP contribution in [0.4, 0.5) is 0 Å². The molecule has 0 saturated heterocycles. The van der Waals surface area contributed by atoms with Crippen LogP contribution in [0.2, 0.25) is 0 Å². The number of nitriles is 1. The van der Waals surface area contributed by atoms with Crippen LogP contribution in [-0.4, -0.2) is 38.9 Å². The standard InChI is InChI=1S/C15H20N4O4S/c1-15(2,3)19-14(21)9-17-13(20)10-18-24(22,23)12-7-5-4-6-11(12)8-16/h4-7,18H,9-10H2,1-3H3,(H,17,20)(H,19,21). The number of hydrogen-bond donors (Lipinski definition) is 3. The van der Waals surface area contributed by atoms with E-state index in [1.807, 2.05) is 0 Å². The van der Waals surface area contributed by atoms with Crippen LogP contribution in [0.3, 0.4) is 0 Å². The number of nitrogens with zero attached hydrogens (tertiary/aromatic N) is 1. The third kappa shape index (κ3) is 6.36. The molecule has 0 aliphatic carbocycles. The molecule has 0 aliphatic heterocycles. The Morgan fingerprint density at radius 2 is 1.75 bits per heavy atom. The van der Waals surface area contributed by atoms with E-state index in [-0.39, 0.29) is 22.9 Å². The van der Waals surface area contributed by atoms with Crippen molar-refractivity contribution in [1.29, 1.82) is 5.26 Å². The Balaban J connectivity index is 2.58. The monoisotopic (exact) mass is 352 g/mol. The highest BCUT2D eigenvalue weighted by atomic mass is 32.2. The predicted octanol–water partition coefficient (Wildman–Crippen LogP) is -0.133. The second-order valence-corrected chi connectivity index (χ2v) is 7.74. The molecule has 1 aromatic carbocycles. The van der Waals surface area contributed by atoms with Gasteiger partial charge in [0.05, 0.1) is 23.5 Å². The van der Waals surface area contributed by atoms with Crippen molar-refractivity contribution in [3.8, 4) is 6.07 Å². The average Bonchev–Trinajstić information content (AvgIpc) is 2.49. The Bertz CT molecular complexity index is 760. The summed E-state index contributed by atoms with van der Waals surface area (Å²) in [4.78, 5) is 23.0. The highest BCUT2D eigenvalue weighted by molar-refractivity contribution is 7.89. The third-order valence-corrected chi connectivity index (χ3v) is 4.14. The van der Waals surface area contributed by atoms with Crippen molar-refractivity contribution < 1.29 is 18.0 Å². The molecular weight excluding hydrogens is 332 g/mol. The minimum Gasteiger partial charge on any atom is -0.350 e. The van der Waals surface area contributed by atoms with Gasteiger partial charge in [0.15, 0.2) is 0 Å². The Morgan fingerprint density at radius 3 is 2.33 bits per heavy atom. The van der Waals surface area contributed by atoms with Crippen LogP contribution < -0.4 is 15.4 Å². The summed E-state index contributed by atoms with van der Waals surface area (Å²) < 4.78 is 26.3. The molecule has 130 valence electrons. The molecular formula is C15H20N4O4S. The lowest BCUT2D eigenvalue weighted by atomic mass is 10.1. The van der Waals surface area contributed by atoms with E-state index in [9.17, 15) is 18.0 Å². The fraction of sp³-hybridized carbons (Fsp3) is 0.400. The number of amides is 2. The lowest BCUT2D eigenvalue weighted by molar-refractivity contribution is -0.126. The Kier molecular flexibility index (Phi) is 6.45. The van der Waals surface area contributed by atoms with Gasteiger partial charge in [-0.05, 0) is 32.9 Å². The largest absolute Gasteiger partial charge is 0.350 e. The SMILES string of the molecule is CC(C)(C)NC(=O)CNC(=O)CNS(=O)(=O)c1ccccc1C#N. The van der Waals surface area contributed by atoms with Crippen molar-refractivity contribution in [3.05, 3.63) is 29.8 Å². The molecule has 9 heteroatoms. The first-order chi connectivity index (χ1) is 11.0. The molecule has 0 atom stereocenters. The molecule has 24 heavy (non-hydrogen) atoms. The van der Waals surface area contributed by atoms with Gasteiger partial charge in [0.2, 0.25) is 21.8 Å². The molecule has 0 aromatic heterocycles. The van der Waals surface area contributed by atoms with Gasteiger partial charge in [0, 0.05) is 5.54 Å². The smallest absolute Gasteiger partial charge is 0.242 e. The molecule has 0 unspecified atom stereocenters. The number of sulfonamides is 1. The van der Waals surface area contributed by atoms with E-state index in [0.29, 0.717) is 0 Å². The molecule has 2 amide bonds. The van der Waals surface area contributed by atoms with Crippen LogP contribution in [0, 0.1) is 11.3 Å². The Labute approximate surface area is 141 Å². The molecule has 0 aliphatic rings. The molecule has 0 radical (unpaired) electrons. The number of benzene rings is 1. The summed E-state index contributed by atoms with van der Waals surface area (Å²) in [7, 11) is -4.00. The quantitative estimate of drug-likeness (QED) is 0.657. The van der Waals surface area contributed by atoms with E-state index >= 15 is 0 Å². The van der Waals surface area contributed by atoms with Crippen molar-refractivity contribution in [2.75, 3.05) is 13.1 Å². The number of hydrogen-bond acceptors (Lipinski definition) is 5. The summed E-state index contributed by atoms with van der Waals surface area (Å²) in [5.74, 6) is -1.04. The normalized spacial score (nSPS) is 11.4. The number of rotatable bonds is 6. The van der Waals surface area contributed by atoms with E-state index in [2.05, 4.69) is 15.4 Å². The molecule has 8 nitrogen and oxygen atoms in total. The van der Waals surface area contributed by atoms with Crippen LogP contribution >= 0.6 is 0 Å². The highest BCUT2D eigenvalue weighted by Crippen LogP contribution is 2.13. The van der Waals surface area contributed by atoms with Crippen molar-refractivity contribution in [1.82, 2.24) is 15.4 Å². The molecule has 1 rings (SSSR count). The molecule has 0 bridgehead atoms. The summed E-state index contributed by atoms with van der Waals surface area (Å²) in [5.41, 5.74) is -0.445. The molecule has 0 heterocycles. The van der Waals surface area contributed by atoms with Crippen LogP contribution in [0.1, 0.15) is 26.3 Å². The van der Waals surface area contributed by atoms with Crippen molar-refractivity contribution in [3.63, 3.8) is 0 Å². The predicted molar refractivity (Wildman–Crippen MR) is 87.3 cm³/mol.